The second-order valence-electron chi connectivity index (χ2n) is 6.72. The lowest BCUT2D eigenvalue weighted by Gasteiger charge is -2.30. The summed E-state index contributed by atoms with van der Waals surface area (Å²) in [6.45, 7) is -0.547. The summed E-state index contributed by atoms with van der Waals surface area (Å²) >= 11 is 0.888. The highest BCUT2D eigenvalue weighted by molar-refractivity contribution is 7.19. The second kappa shape index (κ2) is 9.39. The van der Waals surface area contributed by atoms with Crippen molar-refractivity contribution in [2.75, 3.05) is 39.0 Å². The number of hydrogen-bond acceptors (Lipinski definition) is 8. The van der Waals surface area contributed by atoms with Crippen molar-refractivity contribution in [1.29, 1.82) is 5.41 Å². The molecule has 1 fully saturated rings. The third-order valence-electron chi connectivity index (χ3n) is 4.48. The third kappa shape index (κ3) is 5.17. The van der Waals surface area contributed by atoms with E-state index in [0.29, 0.717) is 6.54 Å². The Hall–Kier alpha value is -3.06. The monoisotopic (exact) mass is 454 g/mol. The molecule has 1 amide bonds. The third-order valence-corrected chi connectivity index (χ3v) is 5.37. The maximum Gasteiger partial charge on any atom is 0.277 e. The normalized spacial score (nSPS) is 17.7. The Bertz CT molecular complexity index is 996. The number of nitrogens with two attached hydrogens (primary N) is 1. The summed E-state index contributed by atoms with van der Waals surface area (Å²) in [4.78, 5) is 26.1. The maximum absolute atomic E-state index is 14.0. The minimum Gasteiger partial charge on any atom is -0.389 e. The molecule has 3 heterocycles. The van der Waals surface area contributed by atoms with Gasteiger partial charge in [0.2, 0.25) is 0 Å². The smallest absolute Gasteiger partial charge is 0.277 e. The van der Waals surface area contributed by atoms with E-state index in [9.17, 15) is 18.0 Å². The summed E-state index contributed by atoms with van der Waals surface area (Å²) in [5, 5.41) is 13.0. The second-order valence-corrected chi connectivity index (χ2v) is 7.75. The Labute approximate surface area is 180 Å². The summed E-state index contributed by atoms with van der Waals surface area (Å²) in [5.74, 6) is -4.25. The van der Waals surface area contributed by atoms with Gasteiger partial charge < -0.3 is 26.7 Å². The zero-order chi connectivity index (χ0) is 22.6. The zero-order valence-corrected chi connectivity index (χ0v) is 17.3. The number of rotatable bonds is 5. The minimum atomic E-state index is -3.00. The number of aromatic nitrogens is 2. The average Bonchev–Trinajstić information content (AvgIpc) is 3.02. The number of nitrogens with zero attached hydrogens (tertiary/aromatic N) is 4. The van der Waals surface area contributed by atoms with Crippen LogP contribution in [-0.4, -0.2) is 78.0 Å². The highest BCUT2D eigenvalue weighted by atomic mass is 32.1. The van der Waals surface area contributed by atoms with Gasteiger partial charge in [-0.1, -0.05) is 11.3 Å². The van der Waals surface area contributed by atoms with E-state index in [2.05, 4.69) is 25.6 Å². The zero-order valence-electron chi connectivity index (χ0n) is 16.5. The van der Waals surface area contributed by atoms with Crippen LogP contribution in [0.4, 0.5) is 18.2 Å². The van der Waals surface area contributed by atoms with Crippen molar-refractivity contribution in [3.63, 3.8) is 0 Å². The van der Waals surface area contributed by atoms with Gasteiger partial charge in [0.15, 0.2) is 11.5 Å². The van der Waals surface area contributed by atoms with Crippen molar-refractivity contribution in [2.24, 2.45) is 4.99 Å². The molecule has 13 heteroatoms. The molecule has 0 aromatic carbocycles. The molecule has 1 saturated heterocycles. The molecule has 1 atom stereocenters. The van der Waals surface area contributed by atoms with Gasteiger partial charge in [-0.25, -0.2) is 18.2 Å². The number of halogens is 3. The highest BCUT2D eigenvalue weighted by Crippen LogP contribution is 2.30. The number of aliphatic imine (C=N–C) groups is 1. The molecule has 3 rings (SSSR count). The van der Waals surface area contributed by atoms with Crippen LogP contribution >= 0.6 is 11.3 Å². The van der Waals surface area contributed by atoms with Crippen molar-refractivity contribution in [1.82, 2.24) is 25.5 Å². The first-order chi connectivity index (χ1) is 14.8. The molecule has 5 N–H and O–H groups in total. The Morgan fingerprint density at radius 3 is 3.00 bits per heavy atom. The molecule has 0 aliphatic carbocycles. The molecule has 0 bridgehead atoms. The van der Waals surface area contributed by atoms with E-state index in [1.165, 1.54) is 30.3 Å². The fourth-order valence-corrected chi connectivity index (χ4v) is 3.93. The quantitative estimate of drug-likeness (QED) is 0.397. The van der Waals surface area contributed by atoms with Crippen molar-refractivity contribution in [3.8, 4) is 10.7 Å². The number of hydrogen-bond donors (Lipinski definition) is 4. The highest BCUT2D eigenvalue weighted by Gasteiger charge is 2.36. The van der Waals surface area contributed by atoms with Crippen molar-refractivity contribution >= 4 is 34.3 Å². The van der Waals surface area contributed by atoms with E-state index in [1.54, 1.807) is 0 Å². The van der Waals surface area contributed by atoms with Gasteiger partial charge in [-0.2, -0.15) is 0 Å². The van der Waals surface area contributed by atoms with Crippen LogP contribution in [0.1, 0.15) is 10.5 Å². The summed E-state index contributed by atoms with van der Waals surface area (Å²) < 4.78 is 42.0. The summed E-state index contributed by atoms with van der Waals surface area (Å²) in [7, 11) is 1.40. The van der Waals surface area contributed by atoms with Gasteiger partial charge in [0, 0.05) is 32.5 Å². The van der Waals surface area contributed by atoms with E-state index in [-0.39, 0.29) is 33.8 Å². The van der Waals surface area contributed by atoms with Crippen molar-refractivity contribution in [3.05, 3.63) is 29.8 Å². The molecular weight excluding hydrogens is 433 g/mol. The molecule has 2 aromatic rings. The number of carbonyl (C=O) groups excluding carboxylic acids is 1. The Morgan fingerprint density at radius 2 is 2.32 bits per heavy atom. The Balaban J connectivity index is 1.81. The van der Waals surface area contributed by atoms with Crippen LogP contribution in [0.25, 0.3) is 10.7 Å². The molecule has 0 saturated carbocycles. The lowest BCUT2D eigenvalue weighted by Crippen LogP contribution is -2.52. The standard InChI is InChI=1S/C18H21F3N8OS/c1-24-15(29-6-5-25-8-18(20,21)9-29)11(7-22)27-16(30)13-14(23)31-17(28-13)12-10(19)3-2-4-26-12/h2-4,7,11,22,25H,5-6,8-9,23H2,1H3,(H,27,30). The van der Waals surface area contributed by atoms with Crippen LogP contribution in [0.3, 0.4) is 0 Å². The lowest BCUT2D eigenvalue weighted by molar-refractivity contribution is -0.00619. The molecule has 31 heavy (non-hydrogen) atoms. The topological polar surface area (TPSA) is 132 Å². The summed E-state index contributed by atoms with van der Waals surface area (Å²) in [6, 6.07) is 1.55. The number of amidine groups is 1. The number of amides is 1. The van der Waals surface area contributed by atoms with E-state index in [0.717, 1.165) is 17.6 Å². The van der Waals surface area contributed by atoms with Crippen LogP contribution in [0.2, 0.25) is 0 Å². The predicted octanol–water partition coefficient (Wildman–Crippen LogP) is 1.24. The van der Waals surface area contributed by atoms with Crippen molar-refractivity contribution in [2.45, 2.75) is 12.0 Å². The lowest BCUT2D eigenvalue weighted by atomic mass is 10.2. The first-order valence-corrected chi connectivity index (χ1v) is 10.1. The van der Waals surface area contributed by atoms with Crippen LogP contribution in [0.15, 0.2) is 23.3 Å². The van der Waals surface area contributed by atoms with Gasteiger partial charge in [-0.3, -0.25) is 14.8 Å². The fraction of sp³-hybridized carbons (Fsp3) is 0.389. The number of carbonyl (C=O) groups is 1. The summed E-state index contributed by atoms with van der Waals surface area (Å²) in [6.07, 6.45) is 2.27. The average molecular weight is 454 g/mol. The van der Waals surface area contributed by atoms with Crippen LogP contribution in [-0.2, 0) is 0 Å². The predicted molar refractivity (Wildman–Crippen MR) is 113 cm³/mol. The molecule has 0 radical (unpaired) electrons. The van der Waals surface area contributed by atoms with E-state index >= 15 is 0 Å². The van der Waals surface area contributed by atoms with Gasteiger partial charge in [-0.05, 0) is 12.1 Å². The number of thiazole rings is 1. The molecule has 166 valence electrons. The van der Waals surface area contributed by atoms with Gasteiger partial charge in [0.25, 0.3) is 11.8 Å². The van der Waals surface area contributed by atoms with E-state index < -0.39 is 36.8 Å². The number of anilines is 1. The number of nitrogens with one attached hydrogen (secondary N) is 3. The van der Waals surface area contributed by atoms with Crippen LogP contribution in [0.5, 0.6) is 0 Å². The van der Waals surface area contributed by atoms with Gasteiger partial charge >= 0.3 is 0 Å². The number of pyridine rings is 1. The minimum absolute atomic E-state index is 0.0294. The first-order valence-electron chi connectivity index (χ1n) is 9.24. The molecule has 1 unspecified atom stereocenters. The van der Waals surface area contributed by atoms with Crippen LogP contribution < -0.4 is 16.4 Å². The first kappa shape index (κ1) is 22.6. The van der Waals surface area contributed by atoms with Gasteiger partial charge in [0.1, 0.15) is 27.6 Å². The Morgan fingerprint density at radius 1 is 1.55 bits per heavy atom. The maximum atomic E-state index is 14.0. The van der Waals surface area contributed by atoms with Crippen molar-refractivity contribution < 1.29 is 18.0 Å². The van der Waals surface area contributed by atoms with Crippen LogP contribution in [0, 0.1) is 11.2 Å². The summed E-state index contributed by atoms with van der Waals surface area (Å²) in [5.41, 5.74) is 5.68. The number of alkyl halides is 2. The molecule has 1 aliphatic rings. The van der Waals surface area contributed by atoms with E-state index in [4.69, 9.17) is 11.1 Å². The number of nitrogen functional groups attached to an aromatic ring is 1. The molecule has 0 spiro atoms. The SMILES string of the molecule is CN=C(C(C=N)NC(=O)c1nc(-c2ncccc2F)sc1N)N1CCNCC(F)(F)C1. The molecule has 2 aromatic heterocycles. The van der Waals surface area contributed by atoms with Gasteiger partial charge in [-0.15, -0.1) is 0 Å². The largest absolute Gasteiger partial charge is 0.389 e. The molecule has 1 aliphatic heterocycles. The van der Waals surface area contributed by atoms with E-state index in [1.807, 2.05) is 0 Å². The fourth-order valence-electron chi connectivity index (χ4n) is 3.10. The molecular formula is C18H21F3N8OS. The Kier molecular flexibility index (Phi) is 6.85. The van der Waals surface area contributed by atoms with Gasteiger partial charge in [0.05, 0.1) is 13.1 Å². The molecule has 9 nitrogen and oxygen atoms in total.